The van der Waals surface area contributed by atoms with Crippen molar-refractivity contribution in [2.24, 2.45) is 4.99 Å². The van der Waals surface area contributed by atoms with Crippen molar-refractivity contribution < 1.29 is 4.52 Å². The van der Waals surface area contributed by atoms with E-state index in [1.807, 2.05) is 31.2 Å². The van der Waals surface area contributed by atoms with Crippen LogP contribution in [0.5, 0.6) is 0 Å². The molecule has 0 unspecified atom stereocenters. The minimum Gasteiger partial charge on any atom is -0.364 e. The number of halogens is 1. The summed E-state index contributed by atoms with van der Waals surface area (Å²) in [6.07, 6.45) is 2.39. The van der Waals surface area contributed by atoms with Crippen LogP contribution < -0.4 is 10.6 Å². The first-order chi connectivity index (χ1) is 10.3. The molecule has 0 amide bonds. The van der Waals surface area contributed by atoms with Gasteiger partial charge in [-0.1, -0.05) is 35.0 Å². The lowest BCUT2D eigenvalue weighted by atomic mass is 10.1. The number of guanidine groups is 1. The lowest BCUT2D eigenvalue weighted by molar-refractivity contribution is 0.412. The van der Waals surface area contributed by atoms with Gasteiger partial charge in [-0.2, -0.15) is 0 Å². The minimum atomic E-state index is 0.484. The first-order valence-electron chi connectivity index (χ1n) is 6.94. The van der Waals surface area contributed by atoms with E-state index in [9.17, 15) is 0 Å². The van der Waals surface area contributed by atoms with Gasteiger partial charge < -0.3 is 15.2 Å². The second kappa shape index (κ2) is 8.32. The molecule has 112 valence electrons. The molecule has 2 rings (SSSR count). The maximum absolute atomic E-state index is 6.14. The van der Waals surface area contributed by atoms with Gasteiger partial charge in [0.1, 0.15) is 12.0 Å². The highest BCUT2D eigenvalue weighted by Crippen LogP contribution is 2.14. The average molecular weight is 307 g/mol. The first-order valence-corrected chi connectivity index (χ1v) is 7.32. The normalized spacial score (nSPS) is 11.4. The van der Waals surface area contributed by atoms with E-state index in [0.29, 0.717) is 6.54 Å². The molecule has 2 N–H and O–H groups in total. The molecule has 0 saturated heterocycles. The number of hydrogen-bond acceptors (Lipinski definition) is 3. The fourth-order valence-corrected chi connectivity index (χ4v) is 2.07. The van der Waals surface area contributed by atoms with E-state index in [2.05, 4.69) is 20.8 Å². The Bertz CT molecular complexity index is 569. The molecule has 1 heterocycles. The van der Waals surface area contributed by atoms with Crippen LogP contribution in [-0.2, 0) is 13.0 Å². The van der Waals surface area contributed by atoms with E-state index in [1.165, 1.54) is 0 Å². The summed E-state index contributed by atoms with van der Waals surface area (Å²) in [6.45, 7) is 4.07. The van der Waals surface area contributed by atoms with Crippen molar-refractivity contribution in [2.45, 2.75) is 19.9 Å². The largest absolute Gasteiger partial charge is 0.364 e. The van der Waals surface area contributed by atoms with E-state index in [1.54, 1.807) is 12.3 Å². The second-order valence-corrected chi connectivity index (χ2v) is 4.86. The molecule has 0 aliphatic carbocycles. The van der Waals surface area contributed by atoms with Crippen LogP contribution in [0.25, 0.3) is 0 Å². The minimum absolute atomic E-state index is 0.484. The average Bonchev–Trinajstić information content (AvgIpc) is 3.00. The molecule has 1 aromatic heterocycles. The fourth-order valence-electron chi connectivity index (χ4n) is 1.84. The van der Waals surface area contributed by atoms with Gasteiger partial charge in [-0.05, 0) is 25.0 Å². The van der Waals surface area contributed by atoms with Gasteiger partial charge in [-0.3, -0.25) is 0 Å². The van der Waals surface area contributed by atoms with Crippen molar-refractivity contribution in [2.75, 3.05) is 13.1 Å². The van der Waals surface area contributed by atoms with Crippen LogP contribution in [-0.4, -0.2) is 24.2 Å². The Kier molecular flexibility index (Phi) is 6.09. The van der Waals surface area contributed by atoms with Crippen LogP contribution in [0.2, 0.25) is 5.02 Å². The molecule has 0 spiro atoms. The number of rotatable bonds is 6. The van der Waals surface area contributed by atoms with Crippen LogP contribution in [0.3, 0.4) is 0 Å². The zero-order valence-electron chi connectivity index (χ0n) is 12.0. The number of benzene rings is 1. The third-order valence-electron chi connectivity index (χ3n) is 2.88. The van der Waals surface area contributed by atoms with E-state index in [-0.39, 0.29) is 0 Å². The number of aliphatic imine (C=N–C) groups is 1. The molecule has 0 aliphatic heterocycles. The number of nitrogens with one attached hydrogen (secondary N) is 2. The van der Waals surface area contributed by atoms with Crippen molar-refractivity contribution in [3.8, 4) is 0 Å². The van der Waals surface area contributed by atoms with E-state index < -0.39 is 0 Å². The Morgan fingerprint density at radius 3 is 2.86 bits per heavy atom. The zero-order valence-corrected chi connectivity index (χ0v) is 12.7. The molecule has 6 heteroatoms. The van der Waals surface area contributed by atoms with Gasteiger partial charge in [0.25, 0.3) is 0 Å². The topological polar surface area (TPSA) is 62.5 Å². The summed E-state index contributed by atoms with van der Waals surface area (Å²) in [6, 6.07) is 9.66. The third kappa shape index (κ3) is 5.11. The van der Waals surface area contributed by atoms with Gasteiger partial charge in [0.05, 0.1) is 6.54 Å². The predicted octanol–water partition coefficient (Wildman–Crippen LogP) is 2.63. The standard InChI is InChI=1S/C15H19ClN4O/c1-2-17-15(19-11-13-8-10-21-20-13)18-9-7-12-5-3-4-6-14(12)16/h3-6,8,10H,2,7,9,11H2,1H3,(H2,17,18,19). The summed E-state index contributed by atoms with van der Waals surface area (Å²) in [7, 11) is 0. The van der Waals surface area contributed by atoms with Crippen molar-refractivity contribution in [3.05, 3.63) is 52.9 Å². The number of aromatic nitrogens is 1. The fraction of sp³-hybridized carbons (Fsp3) is 0.333. The molecular formula is C15H19ClN4O. The smallest absolute Gasteiger partial charge is 0.191 e. The maximum atomic E-state index is 6.14. The van der Waals surface area contributed by atoms with Gasteiger partial charge >= 0.3 is 0 Å². The number of hydrogen-bond donors (Lipinski definition) is 2. The number of nitrogens with zero attached hydrogens (tertiary/aromatic N) is 2. The van der Waals surface area contributed by atoms with Crippen molar-refractivity contribution in [1.82, 2.24) is 15.8 Å². The highest BCUT2D eigenvalue weighted by molar-refractivity contribution is 6.31. The highest BCUT2D eigenvalue weighted by atomic mass is 35.5. The van der Waals surface area contributed by atoms with Gasteiger partial charge in [0.2, 0.25) is 0 Å². The van der Waals surface area contributed by atoms with Crippen LogP contribution in [0.1, 0.15) is 18.2 Å². The molecule has 0 bridgehead atoms. The first kappa shape index (κ1) is 15.4. The van der Waals surface area contributed by atoms with Gasteiger partial charge in [-0.15, -0.1) is 0 Å². The summed E-state index contributed by atoms with van der Waals surface area (Å²) in [5.74, 6) is 0.757. The molecule has 0 fully saturated rings. The SMILES string of the molecule is CCNC(=NCc1ccon1)NCCc1ccccc1Cl. The van der Waals surface area contributed by atoms with Crippen molar-refractivity contribution in [1.29, 1.82) is 0 Å². The highest BCUT2D eigenvalue weighted by Gasteiger charge is 2.01. The van der Waals surface area contributed by atoms with E-state index in [4.69, 9.17) is 16.1 Å². The Hall–Kier alpha value is -2.01. The van der Waals surface area contributed by atoms with Gasteiger partial charge in [-0.25, -0.2) is 4.99 Å². The van der Waals surface area contributed by atoms with Crippen LogP contribution in [0, 0.1) is 0 Å². The monoisotopic (exact) mass is 306 g/mol. The molecular weight excluding hydrogens is 288 g/mol. The molecule has 21 heavy (non-hydrogen) atoms. The Balaban J connectivity index is 1.85. The predicted molar refractivity (Wildman–Crippen MR) is 84.5 cm³/mol. The lowest BCUT2D eigenvalue weighted by Crippen LogP contribution is -2.38. The molecule has 0 saturated carbocycles. The maximum Gasteiger partial charge on any atom is 0.191 e. The molecule has 1 aromatic carbocycles. The van der Waals surface area contributed by atoms with Crippen molar-refractivity contribution >= 4 is 17.6 Å². The van der Waals surface area contributed by atoms with Crippen LogP contribution in [0.4, 0.5) is 0 Å². The summed E-state index contributed by atoms with van der Waals surface area (Å²) in [5, 5.41) is 11.1. The third-order valence-corrected chi connectivity index (χ3v) is 3.25. The lowest BCUT2D eigenvalue weighted by Gasteiger charge is -2.11. The van der Waals surface area contributed by atoms with Gasteiger partial charge in [0, 0.05) is 24.2 Å². The summed E-state index contributed by atoms with van der Waals surface area (Å²) in [5.41, 5.74) is 1.93. The Labute approximate surface area is 129 Å². The second-order valence-electron chi connectivity index (χ2n) is 4.45. The van der Waals surface area contributed by atoms with E-state index in [0.717, 1.165) is 41.7 Å². The van der Waals surface area contributed by atoms with Gasteiger partial charge in [0.15, 0.2) is 5.96 Å². The Morgan fingerprint density at radius 1 is 1.29 bits per heavy atom. The molecule has 2 aromatic rings. The van der Waals surface area contributed by atoms with E-state index >= 15 is 0 Å². The molecule has 0 radical (unpaired) electrons. The summed E-state index contributed by atoms with van der Waals surface area (Å²) < 4.78 is 4.78. The zero-order chi connectivity index (χ0) is 14.9. The Morgan fingerprint density at radius 2 is 2.14 bits per heavy atom. The quantitative estimate of drug-likeness (QED) is 0.636. The molecule has 5 nitrogen and oxygen atoms in total. The van der Waals surface area contributed by atoms with Crippen molar-refractivity contribution in [3.63, 3.8) is 0 Å². The summed E-state index contributed by atoms with van der Waals surface area (Å²) in [4.78, 5) is 4.45. The van der Waals surface area contributed by atoms with Crippen LogP contribution >= 0.6 is 11.6 Å². The molecule has 0 atom stereocenters. The van der Waals surface area contributed by atoms with Crippen LogP contribution in [0.15, 0.2) is 46.1 Å². The molecule has 0 aliphatic rings. The summed E-state index contributed by atoms with van der Waals surface area (Å²) >= 11 is 6.14.